The molecule has 0 radical (unpaired) electrons. The van der Waals surface area contributed by atoms with E-state index in [1.807, 2.05) is 86.6 Å². The van der Waals surface area contributed by atoms with Crippen molar-refractivity contribution in [2.75, 3.05) is 19.8 Å². The zero-order valence-corrected chi connectivity index (χ0v) is 23.8. The van der Waals surface area contributed by atoms with Crippen molar-refractivity contribution < 1.29 is 19.1 Å². The van der Waals surface area contributed by atoms with E-state index < -0.39 is 5.41 Å². The number of carbonyl (C=O) groups is 2. The van der Waals surface area contributed by atoms with E-state index >= 15 is 0 Å². The van der Waals surface area contributed by atoms with Gasteiger partial charge in [-0.2, -0.15) is 0 Å². The summed E-state index contributed by atoms with van der Waals surface area (Å²) in [5, 5.41) is 2.90. The van der Waals surface area contributed by atoms with Crippen molar-refractivity contribution in [2.24, 2.45) is 5.41 Å². The molecule has 0 bridgehead atoms. The van der Waals surface area contributed by atoms with Gasteiger partial charge in [0.25, 0.3) is 5.91 Å². The summed E-state index contributed by atoms with van der Waals surface area (Å²) >= 11 is 0. The highest BCUT2D eigenvalue weighted by Crippen LogP contribution is 2.31. The van der Waals surface area contributed by atoms with E-state index in [1.165, 1.54) is 5.56 Å². The summed E-state index contributed by atoms with van der Waals surface area (Å²) in [6.45, 7) is 4.93. The number of pyridine rings is 1. The van der Waals surface area contributed by atoms with Crippen molar-refractivity contribution in [3.63, 3.8) is 0 Å². The topological polar surface area (TPSA) is 77.5 Å². The maximum atomic E-state index is 12.9. The van der Waals surface area contributed by atoms with Gasteiger partial charge in [-0.3, -0.25) is 14.6 Å². The van der Waals surface area contributed by atoms with Crippen LogP contribution in [0.1, 0.15) is 48.2 Å². The maximum Gasteiger partial charge on any atom is 0.312 e. The van der Waals surface area contributed by atoms with Crippen molar-refractivity contribution in [3.05, 3.63) is 120 Å². The fourth-order valence-corrected chi connectivity index (χ4v) is 4.81. The molecule has 6 nitrogen and oxygen atoms in total. The molecule has 0 saturated carbocycles. The number of carbonyl (C=O) groups excluding carboxylic acids is 2. The third kappa shape index (κ3) is 8.77. The Morgan fingerprint density at radius 1 is 0.854 bits per heavy atom. The van der Waals surface area contributed by atoms with E-state index in [0.717, 1.165) is 36.1 Å². The van der Waals surface area contributed by atoms with E-state index in [2.05, 4.69) is 22.4 Å². The standard InChI is InChI=1S/C35H38N2O4/c1-3-40-34(39)35(2,22-9-12-27-10-5-4-6-11-27)26-28-14-20-31(21-15-28)41-25-24-37-33(38)30-18-16-29(17-19-30)32-13-7-8-23-36-32/h4-8,10-11,13-21,23H,3,9,12,22,24-26H2,1-2H3,(H,37,38). The number of aromatic nitrogens is 1. The van der Waals surface area contributed by atoms with E-state index in [0.29, 0.717) is 37.5 Å². The van der Waals surface area contributed by atoms with Crippen LogP contribution in [-0.4, -0.2) is 36.6 Å². The summed E-state index contributed by atoms with van der Waals surface area (Å²) < 4.78 is 11.3. The normalized spacial score (nSPS) is 12.2. The lowest BCUT2D eigenvalue weighted by Gasteiger charge is -2.27. The van der Waals surface area contributed by atoms with Crippen LogP contribution in [0, 0.1) is 5.41 Å². The Labute approximate surface area is 242 Å². The minimum atomic E-state index is -0.604. The molecular formula is C35H38N2O4. The van der Waals surface area contributed by atoms with Gasteiger partial charge < -0.3 is 14.8 Å². The predicted octanol–water partition coefficient (Wildman–Crippen LogP) is 6.69. The first-order valence-electron chi connectivity index (χ1n) is 14.2. The molecule has 1 aromatic heterocycles. The lowest BCUT2D eigenvalue weighted by molar-refractivity contribution is -0.154. The molecule has 4 rings (SSSR count). The van der Waals surface area contributed by atoms with Gasteiger partial charge in [-0.25, -0.2) is 0 Å². The third-order valence-electron chi connectivity index (χ3n) is 7.09. The van der Waals surface area contributed by atoms with Crippen LogP contribution in [0.5, 0.6) is 5.75 Å². The molecule has 1 N–H and O–H groups in total. The molecule has 0 fully saturated rings. The van der Waals surface area contributed by atoms with Crippen LogP contribution in [0.25, 0.3) is 11.3 Å². The smallest absolute Gasteiger partial charge is 0.312 e. The van der Waals surface area contributed by atoms with Crippen molar-refractivity contribution in [1.82, 2.24) is 10.3 Å². The fraction of sp³-hybridized carbons (Fsp3) is 0.286. The summed E-state index contributed by atoms with van der Waals surface area (Å²) in [7, 11) is 0. The van der Waals surface area contributed by atoms with Crippen LogP contribution >= 0.6 is 0 Å². The number of benzene rings is 3. The van der Waals surface area contributed by atoms with Crippen LogP contribution < -0.4 is 10.1 Å². The molecule has 0 spiro atoms. The molecule has 0 aliphatic heterocycles. The number of esters is 1. The Bertz CT molecular complexity index is 1370. The van der Waals surface area contributed by atoms with Crippen molar-refractivity contribution in [2.45, 2.75) is 39.5 Å². The van der Waals surface area contributed by atoms with Gasteiger partial charge in [0, 0.05) is 17.3 Å². The summed E-state index contributed by atoms with van der Waals surface area (Å²) in [6, 6.07) is 31.3. The van der Waals surface area contributed by atoms with Gasteiger partial charge in [0.1, 0.15) is 12.4 Å². The minimum Gasteiger partial charge on any atom is -0.492 e. The van der Waals surface area contributed by atoms with E-state index in [9.17, 15) is 9.59 Å². The van der Waals surface area contributed by atoms with Crippen molar-refractivity contribution in [1.29, 1.82) is 0 Å². The van der Waals surface area contributed by atoms with Crippen LogP contribution in [-0.2, 0) is 22.4 Å². The average molecular weight is 551 g/mol. The number of nitrogens with one attached hydrogen (secondary N) is 1. The maximum absolute atomic E-state index is 12.9. The Balaban J connectivity index is 1.24. The van der Waals surface area contributed by atoms with Crippen LogP contribution in [0.4, 0.5) is 0 Å². The second kappa shape index (κ2) is 14.8. The van der Waals surface area contributed by atoms with Gasteiger partial charge >= 0.3 is 5.97 Å². The Morgan fingerprint density at radius 2 is 1.59 bits per heavy atom. The molecule has 1 heterocycles. The number of ether oxygens (including phenoxy) is 2. The summed E-state index contributed by atoms with van der Waals surface area (Å²) in [6.07, 6.45) is 4.91. The zero-order valence-electron chi connectivity index (χ0n) is 23.8. The molecule has 6 heteroatoms. The number of rotatable bonds is 14. The lowest BCUT2D eigenvalue weighted by Crippen LogP contribution is -2.32. The predicted molar refractivity (Wildman–Crippen MR) is 162 cm³/mol. The van der Waals surface area contributed by atoms with Crippen LogP contribution in [0.15, 0.2) is 103 Å². The van der Waals surface area contributed by atoms with Crippen molar-refractivity contribution in [3.8, 4) is 17.0 Å². The Morgan fingerprint density at radius 3 is 2.27 bits per heavy atom. The first-order chi connectivity index (χ1) is 20.0. The molecule has 3 aromatic carbocycles. The van der Waals surface area contributed by atoms with Crippen LogP contribution in [0.3, 0.4) is 0 Å². The lowest BCUT2D eigenvalue weighted by atomic mass is 9.79. The number of aryl methyl sites for hydroxylation is 1. The minimum absolute atomic E-state index is 0.151. The number of hydrogen-bond donors (Lipinski definition) is 1. The second-order valence-electron chi connectivity index (χ2n) is 10.3. The van der Waals surface area contributed by atoms with Gasteiger partial charge in [-0.1, -0.05) is 60.7 Å². The molecule has 1 unspecified atom stereocenters. The molecular weight excluding hydrogens is 512 g/mol. The Kier molecular flexibility index (Phi) is 10.7. The number of hydrogen-bond acceptors (Lipinski definition) is 5. The van der Waals surface area contributed by atoms with Gasteiger partial charge in [0.05, 0.1) is 24.3 Å². The first kappa shape index (κ1) is 29.5. The first-order valence-corrected chi connectivity index (χ1v) is 14.2. The fourth-order valence-electron chi connectivity index (χ4n) is 4.81. The molecule has 0 aliphatic carbocycles. The van der Waals surface area contributed by atoms with Gasteiger partial charge in [0.15, 0.2) is 0 Å². The monoisotopic (exact) mass is 550 g/mol. The quantitative estimate of drug-likeness (QED) is 0.140. The highest BCUT2D eigenvalue weighted by molar-refractivity contribution is 5.94. The summed E-state index contributed by atoms with van der Waals surface area (Å²) in [5.74, 6) is 0.405. The highest BCUT2D eigenvalue weighted by atomic mass is 16.5. The van der Waals surface area contributed by atoms with Gasteiger partial charge in [-0.05, 0) is 87.1 Å². The number of nitrogens with zero attached hydrogens (tertiary/aromatic N) is 1. The van der Waals surface area contributed by atoms with E-state index in [-0.39, 0.29) is 11.9 Å². The molecule has 0 saturated heterocycles. The van der Waals surface area contributed by atoms with Crippen molar-refractivity contribution >= 4 is 11.9 Å². The molecule has 1 amide bonds. The summed E-state index contributed by atoms with van der Waals surface area (Å²) in [4.78, 5) is 29.8. The SMILES string of the molecule is CCOC(=O)C(C)(CCCc1ccccc1)Cc1ccc(OCCNC(=O)c2ccc(-c3ccccn3)cc2)cc1. The molecule has 1 atom stereocenters. The van der Waals surface area contributed by atoms with Crippen LogP contribution in [0.2, 0.25) is 0 Å². The number of amides is 1. The molecule has 212 valence electrons. The van der Waals surface area contributed by atoms with Gasteiger partial charge in [0.2, 0.25) is 0 Å². The van der Waals surface area contributed by atoms with E-state index in [1.54, 1.807) is 18.3 Å². The van der Waals surface area contributed by atoms with Gasteiger partial charge in [-0.15, -0.1) is 0 Å². The largest absolute Gasteiger partial charge is 0.492 e. The Hall–Kier alpha value is -4.45. The summed E-state index contributed by atoms with van der Waals surface area (Å²) in [5.41, 5.74) is 4.14. The molecule has 0 aliphatic rings. The molecule has 41 heavy (non-hydrogen) atoms. The third-order valence-corrected chi connectivity index (χ3v) is 7.09. The zero-order chi connectivity index (χ0) is 28.9. The highest BCUT2D eigenvalue weighted by Gasteiger charge is 2.34. The molecule has 4 aromatic rings. The van der Waals surface area contributed by atoms with E-state index in [4.69, 9.17) is 9.47 Å². The average Bonchev–Trinajstić information content (AvgIpc) is 3.01. The second-order valence-corrected chi connectivity index (χ2v) is 10.3.